The zero-order valence-corrected chi connectivity index (χ0v) is 16.1. The second kappa shape index (κ2) is 6.81. The number of nitrogens with zero attached hydrogens (tertiary/aromatic N) is 3. The molecule has 2 aliphatic rings. The molecule has 3 heterocycles. The maximum absolute atomic E-state index is 13.8. The minimum atomic E-state index is -0.235. The van der Waals surface area contributed by atoms with Crippen molar-refractivity contribution in [2.24, 2.45) is 11.8 Å². The van der Waals surface area contributed by atoms with Gasteiger partial charge in [0.15, 0.2) is 0 Å². The maximum Gasteiger partial charge on any atom is 0.257 e. The van der Waals surface area contributed by atoms with Gasteiger partial charge in [-0.05, 0) is 42.8 Å². The predicted molar refractivity (Wildman–Crippen MR) is 108 cm³/mol. The normalized spacial score (nSPS) is 24.2. The number of benzene rings is 2. The molecule has 0 bridgehead atoms. The molecule has 3 aromatic rings. The molecule has 2 fully saturated rings. The first kappa shape index (κ1) is 18.1. The average molecular weight is 391 g/mol. The summed E-state index contributed by atoms with van der Waals surface area (Å²) in [7, 11) is 2.06. The molecular formula is C23H22FN3O2. The van der Waals surface area contributed by atoms with Gasteiger partial charge in [-0.3, -0.25) is 14.7 Å². The van der Waals surface area contributed by atoms with Crippen molar-refractivity contribution in [2.75, 3.05) is 26.7 Å². The Morgan fingerprint density at radius 2 is 2.03 bits per heavy atom. The first-order valence-corrected chi connectivity index (χ1v) is 9.83. The monoisotopic (exact) mass is 391 g/mol. The molecule has 0 unspecified atom stereocenters. The highest BCUT2D eigenvalue weighted by Crippen LogP contribution is 2.44. The Balaban J connectivity index is 1.42. The van der Waals surface area contributed by atoms with Gasteiger partial charge in [0.25, 0.3) is 5.91 Å². The summed E-state index contributed by atoms with van der Waals surface area (Å²) in [5.74, 6) is 0.199. The van der Waals surface area contributed by atoms with Crippen LogP contribution in [-0.2, 0) is 0 Å². The Labute approximate surface area is 168 Å². The van der Waals surface area contributed by atoms with Gasteiger partial charge in [0.1, 0.15) is 11.6 Å². The zero-order chi connectivity index (χ0) is 20.1. The number of hydrogen-bond donors (Lipinski definition) is 1. The summed E-state index contributed by atoms with van der Waals surface area (Å²) in [6.07, 6.45) is 3.28. The van der Waals surface area contributed by atoms with Crippen molar-refractivity contribution in [3.63, 3.8) is 0 Å². The number of amides is 1. The van der Waals surface area contributed by atoms with E-state index in [9.17, 15) is 14.3 Å². The maximum atomic E-state index is 13.8. The number of rotatable bonds is 2. The van der Waals surface area contributed by atoms with Gasteiger partial charge in [-0.15, -0.1) is 0 Å². The Morgan fingerprint density at radius 3 is 2.86 bits per heavy atom. The Morgan fingerprint density at radius 1 is 1.17 bits per heavy atom. The van der Waals surface area contributed by atoms with E-state index < -0.39 is 0 Å². The molecule has 29 heavy (non-hydrogen) atoms. The number of carbonyl (C=O) groups excluding carboxylic acids is 1. The van der Waals surface area contributed by atoms with E-state index in [1.54, 1.807) is 36.7 Å². The van der Waals surface area contributed by atoms with Crippen LogP contribution in [-0.4, -0.2) is 52.5 Å². The van der Waals surface area contributed by atoms with Crippen molar-refractivity contribution >= 4 is 16.7 Å². The van der Waals surface area contributed by atoms with E-state index in [1.807, 2.05) is 17.0 Å². The lowest BCUT2D eigenvalue weighted by Crippen LogP contribution is -2.33. The Hall–Kier alpha value is -2.99. The van der Waals surface area contributed by atoms with Crippen LogP contribution in [0.4, 0.5) is 4.39 Å². The summed E-state index contributed by atoms with van der Waals surface area (Å²) >= 11 is 0. The largest absolute Gasteiger partial charge is 0.506 e. The summed E-state index contributed by atoms with van der Waals surface area (Å²) in [6, 6.07) is 12.0. The van der Waals surface area contributed by atoms with E-state index in [-0.39, 0.29) is 29.4 Å². The number of aromatic nitrogens is 1. The second-order valence-corrected chi connectivity index (χ2v) is 8.13. The molecule has 1 amide bonds. The van der Waals surface area contributed by atoms with Gasteiger partial charge >= 0.3 is 0 Å². The molecule has 0 saturated carbocycles. The van der Waals surface area contributed by atoms with Crippen LogP contribution in [0.5, 0.6) is 5.75 Å². The summed E-state index contributed by atoms with van der Waals surface area (Å²) in [4.78, 5) is 21.3. The number of pyridine rings is 1. The highest BCUT2D eigenvalue weighted by atomic mass is 19.1. The van der Waals surface area contributed by atoms with Crippen LogP contribution in [0.15, 0.2) is 54.9 Å². The first-order chi connectivity index (χ1) is 14.0. The van der Waals surface area contributed by atoms with Crippen molar-refractivity contribution in [1.82, 2.24) is 14.8 Å². The first-order valence-electron chi connectivity index (χ1n) is 9.83. The number of carbonyl (C=O) groups is 1. The fraction of sp³-hybridized carbons (Fsp3) is 0.304. The van der Waals surface area contributed by atoms with Crippen LogP contribution >= 0.6 is 0 Å². The molecule has 0 radical (unpaired) electrons. The van der Waals surface area contributed by atoms with Gasteiger partial charge in [0, 0.05) is 54.8 Å². The van der Waals surface area contributed by atoms with Crippen LogP contribution in [0.25, 0.3) is 10.8 Å². The number of phenols is 1. The highest BCUT2D eigenvalue weighted by molar-refractivity contribution is 6.03. The molecule has 1 aromatic heterocycles. The van der Waals surface area contributed by atoms with Crippen molar-refractivity contribution < 1.29 is 14.3 Å². The molecule has 3 atom stereocenters. The van der Waals surface area contributed by atoms with Gasteiger partial charge in [0.2, 0.25) is 0 Å². The fourth-order valence-corrected chi connectivity index (χ4v) is 5.11. The molecule has 6 heteroatoms. The van der Waals surface area contributed by atoms with E-state index in [0.29, 0.717) is 30.0 Å². The lowest BCUT2D eigenvalue weighted by molar-refractivity contribution is 0.0765. The third kappa shape index (κ3) is 2.95. The summed E-state index contributed by atoms with van der Waals surface area (Å²) in [5.41, 5.74) is 1.27. The zero-order valence-electron chi connectivity index (χ0n) is 16.1. The minimum Gasteiger partial charge on any atom is -0.506 e. The van der Waals surface area contributed by atoms with Gasteiger partial charge in [-0.2, -0.15) is 0 Å². The molecule has 1 N–H and O–H groups in total. The summed E-state index contributed by atoms with van der Waals surface area (Å²) in [5, 5.41) is 12.1. The van der Waals surface area contributed by atoms with E-state index in [4.69, 9.17) is 0 Å². The average Bonchev–Trinajstić information content (AvgIpc) is 3.24. The molecule has 2 saturated heterocycles. The number of phenolic OH excluding ortho intramolecular Hbond substituents is 1. The Kier molecular flexibility index (Phi) is 4.24. The predicted octanol–water partition coefficient (Wildman–Crippen LogP) is 3.45. The van der Waals surface area contributed by atoms with Crippen molar-refractivity contribution in [3.8, 4) is 5.75 Å². The smallest absolute Gasteiger partial charge is 0.257 e. The molecule has 5 nitrogen and oxygen atoms in total. The topological polar surface area (TPSA) is 56.7 Å². The fourth-order valence-electron chi connectivity index (χ4n) is 5.11. The standard InChI is InChI=1S/C23H22FN3O2/c1-26-11-16-12-27(13-20(16)21(26)14-3-2-4-17(24)9-14)23(29)19-6-5-15-10-25-8-7-18(15)22(19)28/h2-10,16,20-21,28H,11-13H2,1H3/t16-,20+,21-/m0/s1. The van der Waals surface area contributed by atoms with Crippen LogP contribution in [0.3, 0.4) is 0 Å². The lowest BCUT2D eigenvalue weighted by Gasteiger charge is -2.27. The van der Waals surface area contributed by atoms with Crippen molar-refractivity contribution in [2.45, 2.75) is 6.04 Å². The third-order valence-electron chi connectivity index (χ3n) is 6.39. The molecule has 5 rings (SSSR count). The highest BCUT2D eigenvalue weighted by Gasteiger charge is 2.47. The van der Waals surface area contributed by atoms with Gasteiger partial charge < -0.3 is 10.0 Å². The summed E-state index contributed by atoms with van der Waals surface area (Å²) < 4.78 is 13.8. The van der Waals surface area contributed by atoms with Gasteiger partial charge in [-0.25, -0.2) is 4.39 Å². The van der Waals surface area contributed by atoms with Crippen LogP contribution in [0.1, 0.15) is 22.0 Å². The SMILES string of the molecule is CN1C[C@H]2CN(C(=O)c3ccc4cnccc4c3O)C[C@H]2[C@@H]1c1cccc(F)c1. The van der Waals surface area contributed by atoms with Crippen LogP contribution in [0.2, 0.25) is 0 Å². The summed E-state index contributed by atoms with van der Waals surface area (Å²) in [6.45, 7) is 2.11. The number of halogens is 1. The van der Waals surface area contributed by atoms with Gasteiger partial charge in [0.05, 0.1) is 5.56 Å². The lowest BCUT2D eigenvalue weighted by atomic mass is 9.89. The number of likely N-dealkylation sites (tertiary alicyclic amines) is 2. The van der Waals surface area contributed by atoms with E-state index in [2.05, 4.69) is 16.9 Å². The number of fused-ring (bicyclic) bond motifs is 2. The number of hydrogen-bond acceptors (Lipinski definition) is 4. The minimum absolute atomic E-state index is 0.00533. The Bertz CT molecular complexity index is 1100. The van der Waals surface area contributed by atoms with Crippen LogP contribution < -0.4 is 0 Å². The quantitative estimate of drug-likeness (QED) is 0.727. The van der Waals surface area contributed by atoms with E-state index in [0.717, 1.165) is 17.5 Å². The molecule has 2 aliphatic heterocycles. The van der Waals surface area contributed by atoms with Crippen molar-refractivity contribution in [1.29, 1.82) is 0 Å². The van der Waals surface area contributed by atoms with Crippen molar-refractivity contribution in [3.05, 3.63) is 71.8 Å². The third-order valence-corrected chi connectivity index (χ3v) is 6.39. The second-order valence-electron chi connectivity index (χ2n) is 8.13. The van der Waals surface area contributed by atoms with E-state index in [1.165, 1.54) is 6.07 Å². The molecule has 0 spiro atoms. The molecule has 2 aromatic carbocycles. The number of aromatic hydroxyl groups is 1. The van der Waals surface area contributed by atoms with E-state index >= 15 is 0 Å². The molecular weight excluding hydrogens is 369 g/mol. The van der Waals surface area contributed by atoms with Crippen LogP contribution in [0, 0.1) is 17.7 Å². The molecule has 148 valence electrons. The van der Waals surface area contributed by atoms with Gasteiger partial charge in [-0.1, -0.05) is 18.2 Å². The molecule has 0 aliphatic carbocycles.